The fourth-order valence-electron chi connectivity index (χ4n) is 3.89. The zero-order valence-electron chi connectivity index (χ0n) is 15.7. The van der Waals surface area contributed by atoms with Gasteiger partial charge in [0.2, 0.25) is 0 Å². The van der Waals surface area contributed by atoms with Crippen LogP contribution < -0.4 is 20.2 Å². The van der Waals surface area contributed by atoms with E-state index in [1.54, 1.807) is 11.7 Å². The summed E-state index contributed by atoms with van der Waals surface area (Å²) in [5, 5.41) is 7.38. The number of nitrogens with zero attached hydrogens (tertiary/aromatic N) is 1. The van der Waals surface area contributed by atoms with Crippen LogP contribution in [0.4, 0.5) is 0 Å². The summed E-state index contributed by atoms with van der Waals surface area (Å²) >= 11 is 1.26. The van der Waals surface area contributed by atoms with Gasteiger partial charge in [0.05, 0.1) is 17.3 Å². The van der Waals surface area contributed by atoms with E-state index in [-0.39, 0.29) is 4.87 Å². The normalized spacial score (nSPS) is 20.1. The molecule has 0 saturated carbocycles. The van der Waals surface area contributed by atoms with Crippen molar-refractivity contribution in [1.82, 2.24) is 15.2 Å². The smallest absolute Gasteiger partial charge is 0.307 e. The molecule has 2 N–H and O–H groups in total. The van der Waals surface area contributed by atoms with Gasteiger partial charge in [-0.25, -0.2) is 0 Å². The summed E-state index contributed by atoms with van der Waals surface area (Å²) < 4.78 is 8.26. The lowest BCUT2D eigenvalue weighted by Gasteiger charge is -2.34. The summed E-state index contributed by atoms with van der Waals surface area (Å²) in [6.07, 6.45) is 2.30. The number of fused-ring (bicyclic) bond motifs is 1. The molecule has 0 bridgehead atoms. The van der Waals surface area contributed by atoms with Gasteiger partial charge in [-0.05, 0) is 37.1 Å². The lowest BCUT2D eigenvalue weighted by Crippen LogP contribution is -2.45. The van der Waals surface area contributed by atoms with E-state index in [0.29, 0.717) is 18.6 Å². The van der Waals surface area contributed by atoms with E-state index in [9.17, 15) is 4.79 Å². The SMILES string of the molecule is COc1cc2sc(=O)n(C)c2cc1CN[C@H]1CCCN[C@H]1c1ccccc1. The Morgan fingerprint density at radius 3 is 2.89 bits per heavy atom. The van der Waals surface area contributed by atoms with Gasteiger partial charge >= 0.3 is 4.87 Å². The monoisotopic (exact) mass is 383 g/mol. The van der Waals surface area contributed by atoms with Gasteiger partial charge in [0.15, 0.2) is 0 Å². The van der Waals surface area contributed by atoms with E-state index in [1.165, 1.54) is 16.9 Å². The minimum absolute atomic E-state index is 0.0535. The molecule has 0 aliphatic carbocycles. The van der Waals surface area contributed by atoms with Gasteiger partial charge in [-0.2, -0.15) is 0 Å². The standard InChI is InChI=1S/C21H25N3O2S/c1-24-17-11-15(18(26-2)12-19(17)27-21(24)25)13-23-16-9-6-10-22-20(16)14-7-4-3-5-8-14/h3-5,7-8,11-12,16,20,22-23H,6,9-10,13H2,1-2H3/t16-,20-/m0/s1. The van der Waals surface area contributed by atoms with E-state index in [0.717, 1.165) is 40.9 Å². The summed E-state index contributed by atoms with van der Waals surface area (Å²) in [6.45, 7) is 1.75. The van der Waals surface area contributed by atoms with Gasteiger partial charge in [-0.15, -0.1) is 0 Å². The molecule has 0 unspecified atom stereocenters. The Balaban J connectivity index is 1.58. The minimum Gasteiger partial charge on any atom is -0.496 e. The Hall–Kier alpha value is -2.15. The third-order valence-corrected chi connectivity index (χ3v) is 6.36. The summed E-state index contributed by atoms with van der Waals surface area (Å²) in [5.74, 6) is 0.830. The predicted molar refractivity (Wildman–Crippen MR) is 111 cm³/mol. The zero-order valence-corrected chi connectivity index (χ0v) is 16.5. The number of aryl methyl sites for hydroxylation is 1. The number of aromatic nitrogens is 1. The number of benzene rings is 2. The van der Waals surface area contributed by atoms with Crippen LogP contribution in [0.3, 0.4) is 0 Å². The molecule has 1 fully saturated rings. The van der Waals surface area contributed by atoms with Crippen molar-refractivity contribution in [2.24, 2.45) is 7.05 Å². The molecule has 0 amide bonds. The highest BCUT2D eigenvalue weighted by Crippen LogP contribution is 2.29. The van der Waals surface area contributed by atoms with Crippen LogP contribution in [-0.4, -0.2) is 24.3 Å². The van der Waals surface area contributed by atoms with Crippen molar-refractivity contribution >= 4 is 21.6 Å². The maximum Gasteiger partial charge on any atom is 0.307 e. The Labute approximate surface area is 163 Å². The van der Waals surface area contributed by atoms with Crippen molar-refractivity contribution in [2.75, 3.05) is 13.7 Å². The van der Waals surface area contributed by atoms with E-state index >= 15 is 0 Å². The van der Waals surface area contributed by atoms with Crippen molar-refractivity contribution in [3.63, 3.8) is 0 Å². The second-order valence-corrected chi connectivity index (χ2v) is 8.02. The van der Waals surface area contributed by atoms with E-state index in [2.05, 4.69) is 47.0 Å². The second kappa shape index (κ2) is 7.84. The molecule has 4 rings (SSSR count). The molecule has 2 heterocycles. The highest BCUT2D eigenvalue weighted by molar-refractivity contribution is 7.16. The van der Waals surface area contributed by atoms with Crippen LogP contribution in [0.5, 0.6) is 5.75 Å². The van der Waals surface area contributed by atoms with E-state index in [4.69, 9.17) is 4.74 Å². The molecule has 0 radical (unpaired) electrons. The van der Waals surface area contributed by atoms with Gasteiger partial charge in [-0.3, -0.25) is 4.79 Å². The first-order valence-electron chi connectivity index (χ1n) is 9.35. The molecule has 1 aliphatic heterocycles. The second-order valence-electron chi connectivity index (χ2n) is 7.03. The van der Waals surface area contributed by atoms with Crippen LogP contribution in [0, 0.1) is 0 Å². The lowest BCUT2D eigenvalue weighted by molar-refractivity contribution is 0.303. The first-order valence-corrected chi connectivity index (χ1v) is 10.2. The third-order valence-electron chi connectivity index (χ3n) is 5.37. The summed E-state index contributed by atoms with van der Waals surface area (Å²) in [5.41, 5.74) is 3.36. The third kappa shape index (κ3) is 3.65. The number of rotatable bonds is 5. The van der Waals surface area contributed by atoms with Gasteiger partial charge in [0, 0.05) is 31.2 Å². The van der Waals surface area contributed by atoms with Crippen molar-refractivity contribution < 1.29 is 4.74 Å². The van der Waals surface area contributed by atoms with Crippen LogP contribution >= 0.6 is 11.3 Å². The molecule has 142 valence electrons. The first-order chi connectivity index (χ1) is 13.2. The number of ether oxygens (including phenoxy) is 1. The van der Waals surface area contributed by atoms with E-state index in [1.807, 2.05) is 13.1 Å². The molecule has 5 nitrogen and oxygen atoms in total. The molecule has 6 heteroatoms. The maximum atomic E-state index is 12.0. The van der Waals surface area contributed by atoms with Gasteiger partial charge < -0.3 is 19.9 Å². The number of hydrogen-bond donors (Lipinski definition) is 2. The maximum absolute atomic E-state index is 12.0. The Morgan fingerprint density at radius 2 is 2.11 bits per heavy atom. The van der Waals surface area contributed by atoms with Gasteiger partial charge in [0.25, 0.3) is 0 Å². The molecular formula is C21H25N3O2S. The molecule has 3 aromatic rings. The summed E-state index contributed by atoms with van der Waals surface area (Å²) in [6, 6.07) is 15.3. The van der Waals surface area contributed by atoms with Crippen molar-refractivity contribution in [1.29, 1.82) is 0 Å². The van der Waals surface area contributed by atoms with Crippen LogP contribution in [0.15, 0.2) is 47.3 Å². The quantitative estimate of drug-likeness (QED) is 0.710. The molecule has 2 atom stereocenters. The van der Waals surface area contributed by atoms with Crippen LogP contribution in [-0.2, 0) is 13.6 Å². The van der Waals surface area contributed by atoms with Gasteiger partial charge in [-0.1, -0.05) is 41.7 Å². The summed E-state index contributed by atoms with van der Waals surface area (Å²) in [4.78, 5) is 12.0. The molecule has 0 spiro atoms. The largest absolute Gasteiger partial charge is 0.496 e. The highest BCUT2D eigenvalue weighted by atomic mass is 32.1. The zero-order chi connectivity index (χ0) is 18.8. The predicted octanol–water partition coefficient (Wildman–Crippen LogP) is 3.19. The van der Waals surface area contributed by atoms with Crippen LogP contribution in [0.2, 0.25) is 0 Å². The molecule has 2 aromatic carbocycles. The van der Waals surface area contributed by atoms with Crippen LogP contribution in [0.25, 0.3) is 10.2 Å². The van der Waals surface area contributed by atoms with Crippen molar-refractivity contribution in [2.45, 2.75) is 31.5 Å². The van der Waals surface area contributed by atoms with Gasteiger partial charge in [0.1, 0.15) is 5.75 Å². The lowest BCUT2D eigenvalue weighted by atomic mass is 9.92. The highest BCUT2D eigenvalue weighted by Gasteiger charge is 2.26. The Kier molecular flexibility index (Phi) is 5.29. The minimum atomic E-state index is 0.0535. The fourth-order valence-corrected chi connectivity index (χ4v) is 4.78. The fraction of sp³-hybridized carbons (Fsp3) is 0.381. The van der Waals surface area contributed by atoms with Crippen molar-refractivity contribution in [3.05, 3.63) is 63.3 Å². The first kappa shape index (κ1) is 18.2. The Morgan fingerprint density at radius 1 is 1.30 bits per heavy atom. The molecule has 1 aromatic heterocycles. The molecule has 1 aliphatic rings. The number of nitrogens with one attached hydrogen (secondary N) is 2. The number of hydrogen-bond acceptors (Lipinski definition) is 5. The average Bonchev–Trinajstić information content (AvgIpc) is 2.99. The Bertz CT molecular complexity index is 980. The molecule has 27 heavy (non-hydrogen) atoms. The average molecular weight is 384 g/mol. The topological polar surface area (TPSA) is 55.3 Å². The number of thiazole rings is 1. The molecule has 1 saturated heterocycles. The van der Waals surface area contributed by atoms with Crippen LogP contribution in [0.1, 0.15) is 30.0 Å². The number of methoxy groups -OCH3 is 1. The van der Waals surface area contributed by atoms with Crippen molar-refractivity contribution in [3.8, 4) is 5.75 Å². The molecular weight excluding hydrogens is 358 g/mol. The van der Waals surface area contributed by atoms with E-state index < -0.39 is 0 Å². The summed E-state index contributed by atoms with van der Waals surface area (Å²) in [7, 11) is 3.51. The number of piperidine rings is 1.